The standard InChI is InChI=1S/C25H16F2N2S2/c26-18-8-5-16(6-9-18)14-28-19-10-12-23-24(13-19)31-25(29-23)30-15-17-7-11-22(27)21-4-2-1-3-20(17)21/h1-14H,15H2. The Bertz CT molecular complexity index is 1410. The quantitative estimate of drug-likeness (QED) is 0.203. The van der Waals surface area contributed by atoms with E-state index in [1.54, 1.807) is 41.4 Å². The Morgan fingerprint density at radius 1 is 0.903 bits per heavy atom. The zero-order valence-electron chi connectivity index (χ0n) is 16.3. The topological polar surface area (TPSA) is 25.2 Å². The lowest BCUT2D eigenvalue weighted by atomic mass is 10.1. The number of thioether (sulfide) groups is 1. The Kier molecular flexibility index (Phi) is 5.49. The SMILES string of the molecule is Fc1ccc(C=Nc2ccc3nc(SCc4ccc(F)c5ccccc45)sc3c2)cc1. The molecule has 0 amide bonds. The third kappa shape index (κ3) is 4.36. The highest BCUT2D eigenvalue weighted by Gasteiger charge is 2.09. The highest BCUT2D eigenvalue weighted by Crippen LogP contribution is 2.35. The van der Waals surface area contributed by atoms with Crippen molar-refractivity contribution in [2.45, 2.75) is 10.1 Å². The summed E-state index contributed by atoms with van der Waals surface area (Å²) < 4.78 is 29.1. The van der Waals surface area contributed by atoms with Crippen molar-refractivity contribution in [3.05, 3.63) is 102 Å². The van der Waals surface area contributed by atoms with Crippen LogP contribution < -0.4 is 0 Å². The molecule has 0 bridgehead atoms. The van der Waals surface area contributed by atoms with E-state index in [-0.39, 0.29) is 11.6 Å². The summed E-state index contributed by atoms with van der Waals surface area (Å²) in [5.41, 5.74) is 3.68. The normalized spacial score (nSPS) is 11.7. The maximum absolute atomic E-state index is 14.1. The molecule has 2 nitrogen and oxygen atoms in total. The number of aromatic nitrogens is 1. The summed E-state index contributed by atoms with van der Waals surface area (Å²) >= 11 is 3.27. The fourth-order valence-electron chi connectivity index (χ4n) is 3.32. The summed E-state index contributed by atoms with van der Waals surface area (Å²) in [5.74, 6) is 0.260. The number of benzene rings is 4. The van der Waals surface area contributed by atoms with Gasteiger partial charge in [-0.25, -0.2) is 13.8 Å². The zero-order valence-corrected chi connectivity index (χ0v) is 17.9. The van der Waals surface area contributed by atoms with Gasteiger partial charge in [0.25, 0.3) is 0 Å². The molecule has 0 aliphatic carbocycles. The minimum absolute atomic E-state index is 0.196. The van der Waals surface area contributed by atoms with Crippen LogP contribution in [0.5, 0.6) is 0 Å². The summed E-state index contributed by atoms with van der Waals surface area (Å²) in [6, 6.07) is 23.0. The van der Waals surface area contributed by atoms with Crippen molar-refractivity contribution in [1.82, 2.24) is 4.98 Å². The molecule has 0 saturated heterocycles. The molecule has 5 aromatic rings. The van der Waals surface area contributed by atoms with Crippen LogP contribution in [0.2, 0.25) is 0 Å². The third-order valence-electron chi connectivity index (χ3n) is 4.90. The zero-order chi connectivity index (χ0) is 21.2. The first-order valence-corrected chi connectivity index (χ1v) is 11.4. The minimum atomic E-state index is -0.262. The second kappa shape index (κ2) is 8.57. The molecule has 31 heavy (non-hydrogen) atoms. The van der Waals surface area contributed by atoms with Crippen LogP contribution in [0, 0.1) is 11.6 Å². The van der Waals surface area contributed by atoms with Crippen LogP contribution in [0.4, 0.5) is 14.5 Å². The van der Waals surface area contributed by atoms with Crippen LogP contribution >= 0.6 is 23.1 Å². The average molecular weight is 447 g/mol. The van der Waals surface area contributed by atoms with E-state index >= 15 is 0 Å². The van der Waals surface area contributed by atoms with Crippen LogP contribution in [0.25, 0.3) is 21.0 Å². The average Bonchev–Trinajstić information content (AvgIpc) is 3.21. The van der Waals surface area contributed by atoms with Gasteiger partial charge in [0.1, 0.15) is 11.6 Å². The number of aliphatic imine (C=N–C) groups is 1. The monoisotopic (exact) mass is 446 g/mol. The van der Waals surface area contributed by atoms with Crippen LogP contribution in [0.1, 0.15) is 11.1 Å². The molecule has 0 radical (unpaired) electrons. The molecule has 1 aromatic heterocycles. The van der Waals surface area contributed by atoms with Gasteiger partial charge < -0.3 is 0 Å². The van der Waals surface area contributed by atoms with Crippen LogP contribution in [-0.2, 0) is 5.75 Å². The van der Waals surface area contributed by atoms with E-state index in [1.807, 2.05) is 48.5 Å². The van der Waals surface area contributed by atoms with E-state index < -0.39 is 0 Å². The van der Waals surface area contributed by atoms with Crippen molar-refractivity contribution in [3.63, 3.8) is 0 Å². The lowest BCUT2D eigenvalue weighted by Gasteiger charge is -2.06. The maximum atomic E-state index is 14.1. The van der Waals surface area contributed by atoms with E-state index in [0.717, 1.165) is 42.5 Å². The number of thiazole rings is 1. The van der Waals surface area contributed by atoms with Gasteiger partial charge in [0.2, 0.25) is 0 Å². The molecule has 0 unspecified atom stereocenters. The van der Waals surface area contributed by atoms with E-state index in [9.17, 15) is 8.78 Å². The highest BCUT2D eigenvalue weighted by molar-refractivity contribution is 8.00. The summed E-state index contributed by atoms with van der Waals surface area (Å²) in [6.45, 7) is 0. The molecule has 152 valence electrons. The van der Waals surface area contributed by atoms with E-state index in [2.05, 4.69) is 4.99 Å². The third-order valence-corrected chi connectivity index (χ3v) is 7.11. The number of fused-ring (bicyclic) bond motifs is 2. The Morgan fingerprint density at radius 3 is 2.55 bits per heavy atom. The molecule has 6 heteroatoms. The number of rotatable bonds is 5. The molecular weight excluding hydrogens is 430 g/mol. The lowest BCUT2D eigenvalue weighted by Crippen LogP contribution is -1.87. The van der Waals surface area contributed by atoms with Gasteiger partial charge in [-0.15, -0.1) is 11.3 Å². The molecular formula is C25H16F2N2S2. The number of hydrogen-bond donors (Lipinski definition) is 0. The maximum Gasteiger partial charge on any atom is 0.151 e. The second-order valence-corrected chi connectivity index (χ2v) is 9.24. The first-order chi connectivity index (χ1) is 15.2. The molecule has 0 spiro atoms. The summed E-state index contributed by atoms with van der Waals surface area (Å²) in [5, 5.41) is 1.59. The predicted octanol–water partition coefficient (Wildman–Crippen LogP) is 7.77. The van der Waals surface area contributed by atoms with Crippen molar-refractivity contribution in [2.24, 2.45) is 4.99 Å². The van der Waals surface area contributed by atoms with Crippen molar-refractivity contribution in [1.29, 1.82) is 0 Å². The Labute approximate surface area is 186 Å². The molecule has 0 aliphatic rings. The van der Waals surface area contributed by atoms with Crippen molar-refractivity contribution in [2.75, 3.05) is 0 Å². The largest absolute Gasteiger partial charge is 0.256 e. The Hall–Kier alpha value is -3.09. The molecule has 4 aromatic carbocycles. The van der Waals surface area contributed by atoms with Crippen molar-refractivity contribution in [3.8, 4) is 0 Å². The molecule has 0 atom stereocenters. The van der Waals surface area contributed by atoms with Gasteiger partial charge in [-0.05, 0) is 52.9 Å². The molecule has 0 N–H and O–H groups in total. The summed E-state index contributed by atoms with van der Waals surface area (Å²) in [4.78, 5) is 9.20. The van der Waals surface area contributed by atoms with Gasteiger partial charge in [-0.3, -0.25) is 4.99 Å². The number of halogens is 2. The van der Waals surface area contributed by atoms with Gasteiger partial charge >= 0.3 is 0 Å². The molecule has 5 rings (SSSR count). The van der Waals surface area contributed by atoms with Crippen LogP contribution in [0.3, 0.4) is 0 Å². The Balaban J connectivity index is 1.35. The first kappa shape index (κ1) is 19.8. The van der Waals surface area contributed by atoms with E-state index in [0.29, 0.717) is 5.39 Å². The molecule has 1 heterocycles. The smallest absolute Gasteiger partial charge is 0.151 e. The van der Waals surface area contributed by atoms with Gasteiger partial charge in [-0.1, -0.05) is 54.2 Å². The highest BCUT2D eigenvalue weighted by atomic mass is 32.2. The predicted molar refractivity (Wildman–Crippen MR) is 127 cm³/mol. The molecule has 0 fully saturated rings. The van der Waals surface area contributed by atoms with E-state index in [4.69, 9.17) is 4.98 Å². The summed E-state index contributed by atoms with van der Waals surface area (Å²) in [7, 11) is 0. The minimum Gasteiger partial charge on any atom is -0.256 e. The van der Waals surface area contributed by atoms with Crippen molar-refractivity contribution < 1.29 is 8.78 Å². The fraction of sp³-hybridized carbons (Fsp3) is 0.0400. The van der Waals surface area contributed by atoms with Crippen LogP contribution in [-0.4, -0.2) is 11.2 Å². The molecule has 0 aliphatic heterocycles. The second-order valence-electron chi connectivity index (χ2n) is 6.98. The van der Waals surface area contributed by atoms with Crippen LogP contribution in [0.15, 0.2) is 88.2 Å². The van der Waals surface area contributed by atoms with Crippen molar-refractivity contribution >= 4 is 56.0 Å². The molecule has 0 saturated carbocycles. The first-order valence-electron chi connectivity index (χ1n) is 9.65. The van der Waals surface area contributed by atoms with Gasteiger partial charge in [0.05, 0.1) is 15.9 Å². The number of hydrogen-bond acceptors (Lipinski definition) is 4. The van der Waals surface area contributed by atoms with Gasteiger partial charge in [0.15, 0.2) is 4.34 Å². The summed E-state index contributed by atoms with van der Waals surface area (Å²) in [6.07, 6.45) is 1.72. The van der Waals surface area contributed by atoms with Gasteiger partial charge in [0, 0.05) is 17.4 Å². The van der Waals surface area contributed by atoms with E-state index in [1.165, 1.54) is 18.2 Å². The lowest BCUT2D eigenvalue weighted by molar-refractivity contribution is 0.628. The number of nitrogens with zero attached hydrogens (tertiary/aromatic N) is 2. The fourth-order valence-corrected chi connectivity index (χ4v) is 5.43. The Morgan fingerprint density at radius 2 is 1.71 bits per heavy atom. The van der Waals surface area contributed by atoms with Gasteiger partial charge in [-0.2, -0.15) is 0 Å².